The molecule has 20 heteroatoms. The lowest BCUT2D eigenvalue weighted by molar-refractivity contribution is -0.156. The molecule has 1 fully saturated rings. The average Bonchev–Trinajstić information content (AvgIpc) is 3.52. The van der Waals surface area contributed by atoms with E-state index in [0.29, 0.717) is 49.7 Å². The van der Waals surface area contributed by atoms with E-state index in [1.54, 1.807) is 19.1 Å². The Morgan fingerprint density at radius 3 is 2.31 bits per heavy atom. The summed E-state index contributed by atoms with van der Waals surface area (Å²) in [4.78, 5) is 32.1. The number of nitrogens with one attached hydrogen (secondary N) is 2. The van der Waals surface area contributed by atoms with Crippen LogP contribution < -0.4 is 25.2 Å². The number of nitrogens with two attached hydrogens (primary N) is 1. The SMILES string of the molecule is C[C@H](Oc1cc(-c2nn(COCC[Si](C)(C)C)c(Nc3ccc(OC4CCN(CC(=O)OC(C)(C)C)CC4)cn3)c2C(N)=O)ccc1NS(=O)(=O)C(F)F)c1ccc(F)cc1. The van der Waals surface area contributed by atoms with Gasteiger partial charge in [-0.2, -0.15) is 13.9 Å². The number of ether oxygens (including phenoxy) is 4. The smallest absolute Gasteiger partial charge is 0.355 e. The van der Waals surface area contributed by atoms with Crippen LogP contribution in [0.1, 0.15) is 62.6 Å². The maximum atomic E-state index is 13.7. The number of esters is 1. The van der Waals surface area contributed by atoms with Crippen LogP contribution in [-0.2, 0) is 31.0 Å². The Bertz CT molecular complexity index is 2240. The Kier molecular flexibility index (Phi) is 15.1. The number of amides is 1. The van der Waals surface area contributed by atoms with Crippen LogP contribution in [0.4, 0.5) is 30.5 Å². The summed E-state index contributed by atoms with van der Waals surface area (Å²) in [5.41, 5.74) is 5.82. The van der Waals surface area contributed by atoms with Gasteiger partial charge in [-0.15, -0.1) is 0 Å². The van der Waals surface area contributed by atoms with Crippen molar-refractivity contribution in [2.75, 3.05) is 36.3 Å². The molecule has 0 radical (unpaired) electrons. The maximum Gasteiger partial charge on any atom is 0.355 e. The number of nitrogens with zero attached hydrogens (tertiary/aromatic N) is 4. The Morgan fingerprint density at radius 1 is 1.03 bits per heavy atom. The molecule has 61 heavy (non-hydrogen) atoms. The first-order chi connectivity index (χ1) is 28.6. The molecule has 1 saturated heterocycles. The van der Waals surface area contributed by atoms with Crippen LogP contribution in [0, 0.1) is 5.82 Å². The molecule has 5 rings (SSSR count). The zero-order chi connectivity index (χ0) is 44.7. The Balaban J connectivity index is 1.42. The summed E-state index contributed by atoms with van der Waals surface area (Å²) < 4.78 is 92.2. The molecule has 1 aliphatic rings. The van der Waals surface area contributed by atoms with Crippen molar-refractivity contribution in [2.45, 2.75) is 96.5 Å². The fourth-order valence-electron chi connectivity index (χ4n) is 6.27. The number of pyridine rings is 1. The third kappa shape index (κ3) is 13.7. The normalized spacial score (nSPS) is 14.7. The largest absolute Gasteiger partial charge is 0.489 e. The number of halogens is 3. The number of aromatic nitrogens is 3. The van der Waals surface area contributed by atoms with Crippen molar-refractivity contribution in [3.63, 3.8) is 0 Å². The molecule has 1 atom stereocenters. The number of piperidine rings is 1. The highest BCUT2D eigenvalue weighted by molar-refractivity contribution is 7.93. The van der Waals surface area contributed by atoms with Gasteiger partial charge in [0, 0.05) is 33.3 Å². The molecule has 4 N–H and O–H groups in total. The van der Waals surface area contributed by atoms with E-state index in [4.69, 9.17) is 24.7 Å². The molecule has 332 valence electrons. The maximum absolute atomic E-state index is 13.7. The standard InChI is InChI=1S/C41H54F3N7O8SSi/c1-26(27-8-11-29(42)12-9-27)57-33-22-28(10-14-32(33)49-60(54,55)40(43)44)37-36(38(45)53)39(51(48-37)25-56-20-21-61(5,6)7)47-34-15-13-31(23-46-34)58-30-16-18-50(19-17-30)24-35(52)59-41(2,3)4/h8-15,22-23,26,30,40,49H,16-21,24-25H2,1-7H3,(H2,45,53)(H,46,47)/t26-/m0/s1. The molecule has 4 aromatic rings. The molecule has 0 spiro atoms. The zero-order valence-corrected chi connectivity index (χ0v) is 37.2. The predicted molar refractivity (Wildman–Crippen MR) is 228 cm³/mol. The number of primary amides is 1. The fraction of sp³-hybridized carbons (Fsp3) is 0.463. The fourth-order valence-corrected chi connectivity index (χ4v) is 7.59. The Hall–Kier alpha value is -5.18. The molecule has 1 aliphatic heterocycles. The summed E-state index contributed by atoms with van der Waals surface area (Å²) in [5, 5.41) is 7.83. The van der Waals surface area contributed by atoms with Crippen LogP contribution in [0.5, 0.6) is 11.5 Å². The molecule has 2 aromatic carbocycles. The van der Waals surface area contributed by atoms with E-state index in [1.807, 2.05) is 30.4 Å². The van der Waals surface area contributed by atoms with E-state index in [9.17, 15) is 31.2 Å². The number of carbonyl (C=O) groups excluding carboxylic acids is 2. The molecule has 0 bridgehead atoms. The van der Waals surface area contributed by atoms with Crippen molar-refractivity contribution < 1.29 is 50.1 Å². The van der Waals surface area contributed by atoms with E-state index < -0.39 is 47.3 Å². The van der Waals surface area contributed by atoms with Gasteiger partial charge in [0.25, 0.3) is 15.9 Å². The predicted octanol–water partition coefficient (Wildman–Crippen LogP) is 7.53. The van der Waals surface area contributed by atoms with Crippen molar-refractivity contribution in [1.82, 2.24) is 19.7 Å². The average molecular weight is 890 g/mol. The summed E-state index contributed by atoms with van der Waals surface area (Å²) in [6, 6.07) is 13.5. The second kappa shape index (κ2) is 19.7. The molecule has 3 heterocycles. The number of benzene rings is 2. The quantitative estimate of drug-likeness (QED) is 0.0478. The highest BCUT2D eigenvalue weighted by Gasteiger charge is 2.29. The Labute approximate surface area is 355 Å². The summed E-state index contributed by atoms with van der Waals surface area (Å²) in [6.07, 6.45) is 2.02. The topological polar surface area (TPSA) is 189 Å². The van der Waals surface area contributed by atoms with Crippen LogP contribution in [0.25, 0.3) is 11.3 Å². The number of sulfonamides is 1. The van der Waals surface area contributed by atoms with Gasteiger partial charge in [-0.05, 0) is 88.5 Å². The van der Waals surface area contributed by atoms with Crippen molar-refractivity contribution in [3.05, 3.63) is 77.7 Å². The van der Waals surface area contributed by atoms with Crippen LogP contribution in [0.2, 0.25) is 25.7 Å². The number of rotatable bonds is 19. The number of hydrogen-bond acceptors (Lipinski definition) is 12. The summed E-state index contributed by atoms with van der Waals surface area (Å²) in [5.74, 6) is -4.61. The second-order valence-electron chi connectivity index (χ2n) is 16.9. The third-order valence-electron chi connectivity index (χ3n) is 9.39. The van der Waals surface area contributed by atoms with Crippen molar-refractivity contribution in [3.8, 4) is 22.8 Å². The number of carbonyl (C=O) groups is 2. The van der Waals surface area contributed by atoms with Gasteiger partial charge >= 0.3 is 11.7 Å². The lowest BCUT2D eigenvalue weighted by Gasteiger charge is -2.32. The van der Waals surface area contributed by atoms with E-state index in [-0.39, 0.29) is 59.4 Å². The van der Waals surface area contributed by atoms with E-state index in [2.05, 4.69) is 35.0 Å². The Morgan fingerprint density at radius 2 is 1.72 bits per heavy atom. The molecule has 0 unspecified atom stereocenters. The molecular weight excluding hydrogens is 836 g/mol. The van der Waals surface area contributed by atoms with Gasteiger partial charge < -0.3 is 30.0 Å². The molecule has 0 aliphatic carbocycles. The van der Waals surface area contributed by atoms with Gasteiger partial charge in [0.05, 0.1) is 18.4 Å². The first-order valence-corrected chi connectivity index (χ1v) is 25.0. The molecular formula is C41H54F3N7O8SSi. The second-order valence-corrected chi connectivity index (χ2v) is 24.2. The van der Waals surface area contributed by atoms with Crippen molar-refractivity contribution >= 4 is 47.3 Å². The van der Waals surface area contributed by atoms with Crippen LogP contribution >= 0.6 is 0 Å². The minimum absolute atomic E-state index is 0.0457. The molecule has 1 amide bonds. The number of anilines is 3. The van der Waals surface area contributed by atoms with E-state index in [1.165, 1.54) is 53.3 Å². The van der Waals surface area contributed by atoms with Gasteiger partial charge in [-0.25, -0.2) is 22.5 Å². The van der Waals surface area contributed by atoms with E-state index >= 15 is 0 Å². The van der Waals surface area contributed by atoms with Gasteiger partial charge in [-0.3, -0.25) is 19.2 Å². The van der Waals surface area contributed by atoms with Gasteiger partial charge in [0.15, 0.2) is 0 Å². The third-order valence-corrected chi connectivity index (χ3v) is 12.1. The minimum Gasteiger partial charge on any atom is -0.489 e. The van der Waals surface area contributed by atoms with Crippen LogP contribution in [0.3, 0.4) is 0 Å². The van der Waals surface area contributed by atoms with Gasteiger partial charge in [0.1, 0.15) is 64.7 Å². The first-order valence-electron chi connectivity index (χ1n) is 19.8. The minimum atomic E-state index is -5.13. The van der Waals surface area contributed by atoms with Crippen molar-refractivity contribution in [2.24, 2.45) is 5.73 Å². The van der Waals surface area contributed by atoms with Crippen LogP contribution in [-0.4, -0.2) is 91.7 Å². The summed E-state index contributed by atoms with van der Waals surface area (Å²) >= 11 is 0. The van der Waals surface area contributed by atoms with E-state index in [0.717, 1.165) is 6.04 Å². The number of likely N-dealkylation sites (tertiary alicyclic amines) is 1. The highest BCUT2D eigenvalue weighted by Crippen LogP contribution is 2.38. The summed E-state index contributed by atoms with van der Waals surface area (Å²) in [7, 11) is -6.61. The van der Waals surface area contributed by atoms with Gasteiger partial charge in [-0.1, -0.05) is 37.8 Å². The zero-order valence-electron chi connectivity index (χ0n) is 35.3. The number of alkyl halides is 2. The lowest BCUT2D eigenvalue weighted by atomic mass is 10.1. The van der Waals surface area contributed by atoms with Crippen molar-refractivity contribution in [1.29, 1.82) is 0 Å². The molecule has 2 aromatic heterocycles. The van der Waals surface area contributed by atoms with Gasteiger partial charge in [0.2, 0.25) is 0 Å². The first kappa shape index (κ1) is 46.9. The summed E-state index contributed by atoms with van der Waals surface area (Å²) in [6.45, 7) is 15.6. The van der Waals surface area contributed by atoms with Crippen LogP contribution in [0.15, 0.2) is 60.8 Å². The molecule has 0 saturated carbocycles. The monoisotopic (exact) mass is 889 g/mol. The lowest BCUT2D eigenvalue weighted by Crippen LogP contribution is -2.42. The highest BCUT2D eigenvalue weighted by atomic mass is 32.2. The number of hydrogen-bond donors (Lipinski definition) is 3. The molecule has 15 nitrogen and oxygen atoms in total.